The van der Waals surface area contributed by atoms with Gasteiger partial charge >= 0.3 is 0 Å². The molecule has 0 aliphatic rings. The second-order valence-corrected chi connectivity index (χ2v) is 6.68. The molecule has 0 saturated heterocycles. The summed E-state index contributed by atoms with van der Waals surface area (Å²) in [7, 11) is 0. The molecule has 24 heavy (non-hydrogen) atoms. The van der Waals surface area contributed by atoms with Crippen molar-refractivity contribution in [1.82, 2.24) is 19.8 Å². The highest BCUT2D eigenvalue weighted by Crippen LogP contribution is 2.27. The molecule has 0 bridgehead atoms. The number of benzene rings is 2. The first-order valence-corrected chi connectivity index (χ1v) is 8.55. The van der Waals surface area contributed by atoms with E-state index in [-0.39, 0.29) is 0 Å². The Morgan fingerprint density at radius 3 is 2.50 bits per heavy atom. The third-order valence-electron chi connectivity index (χ3n) is 3.57. The quantitative estimate of drug-likeness (QED) is 0.544. The van der Waals surface area contributed by atoms with Gasteiger partial charge in [0.1, 0.15) is 17.4 Å². The van der Waals surface area contributed by atoms with E-state index in [1.165, 1.54) is 11.3 Å². The summed E-state index contributed by atoms with van der Waals surface area (Å²) in [5.74, 6) is 1.60. The largest absolute Gasteiger partial charge is 0.489 e. The van der Waals surface area contributed by atoms with Crippen molar-refractivity contribution in [2.45, 2.75) is 13.5 Å². The molecule has 0 atom stereocenters. The molecule has 0 amide bonds. The zero-order chi connectivity index (χ0) is 16.5. The summed E-state index contributed by atoms with van der Waals surface area (Å²) in [5.41, 5.74) is 2.11. The van der Waals surface area contributed by atoms with Gasteiger partial charge in [0.05, 0.1) is 0 Å². The summed E-state index contributed by atoms with van der Waals surface area (Å²) in [6, 6.07) is 15.5. The van der Waals surface area contributed by atoms with E-state index in [0.29, 0.717) is 6.61 Å². The maximum atomic E-state index is 5.88. The van der Waals surface area contributed by atoms with Crippen molar-refractivity contribution in [2.75, 3.05) is 0 Å². The molecule has 0 radical (unpaired) electrons. The molecule has 0 fully saturated rings. The smallest absolute Gasteiger partial charge is 0.234 e. The van der Waals surface area contributed by atoms with Gasteiger partial charge in [-0.05, 0) is 48.9 Å². The number of aromatic nitrogens is 4. The van der Waals surface area contributed by atoms with Gasteiger partial charge in [-0.3, -0.25) is 0 Å². The van der Waals surface area contributed by atoms with Gasteiger partial charge in [-0.15, -0.1) is 10.2 Å². The van der Waals surface area contributed by atoms with E-state index in [2.05, 4.69) is 15.3 Å². The van der Waals surface area contributed by atoms with Gasteiger partial charge in [0, 0.05) is 10.6 Å². The molecule has 0 aliphatic heterocycles. The molecule has 2 aromatic carbocycles. The van der Waals surface area contributed by atoms with Crippen LogP contribution in [0.5, 0.6) is 5.75 Å². The molecule has 0 unspecified atom stereocenters. The van der Waals surface area contributed by atoms with Crippen molar-refractivity contribution in [3.63, 3.8) is 0 Å². The van der Waals surface area contributed by atoms with Crippen LogP contribution in [0.25, 0.3) is 15.5 Å². The lowest BCUT2D eigenvalue weighted by Gasteiger charge is -2.06. The molecule has 5 nitrogen and oxygen atoms in total. The first-order chi connectivity index (χ1) is 11.7. The van der Waals surface area contributed by atoms with E-state index in [4.69, 9.17) is 16.3 Å². The van der Waals surface area contributed by atoms with Crippen molar-refractivity contribution in [3.05, 3.63) is 64.9 Å². The predicted octanol–water partition coefficient (Wildman–Crippen LogP) is 4.39. The van der Waals surface area contributed by atoms with E-state index in [1.807, 2.05) is 55.5 Å². The number of hydrogen-bond donors (Lipinski definition) is 0. The van der Waals surface area contributed by atoms with E-state index in [9.17, 15) is 0 Å². The zero-order valence-corrected chi connectivity index (χ0v) is 14.4. The van der Waals surface area contributed by atoms with Gasteiger partial charge < -0.3 is 4.74 Å². The van der Waals surface area contributed by atoms with Crippen LogP contribution >= 0.6 is 22.9 Å². The molecule has 4 aromatic rings. The van der Waals surface area contributed by atoms with Crippen molar-refractivity contribution < 1.29 is 4.74 Å². The van der Waals surface area contributed by atoms with Crippen molar-refractivity contribution >= 4 is 27.9 Å². The monoisotopic (exact) mass is 356 g/mol. The van der Waals surface area contributed by atoms with Crippen LogP contribution in [0.1, 0.15) is 11.4 Å². The maximum Gasteiger partial charge on any atom is 0.234 e. The molecule has 7 heteroatoms. The standard InChI is InChI=1S/C17H13ClN4OS/c1-11-19-20-17-22(11)21-16(24-17)13-4-8-15(9-5-13)23-10-12-2-6-14(18)7-3-12/h2-9H,10H2,1H3. The predicted molar refractivity (Wildman–Crippen MR) is 94.6 cm³/mol. The Morgan fingerprint density at radius 1 is 1.04 bits per heavy atom. The topological polar surface area (TPSA) is 52.3 Å². The van der Waals surface area contributed by atoms with Crippen molar-refractivity contribution in [1.29, 1.82) is 0 Å². The average molecular weight is 357 g/mol. The number of nitrogens with zero attached hydrogens (tertiary/aromatic N) is 4. The fraction of sp³-hybridized carbons (Fsp3) is 0.118. The molecule has 0 spiro atoms. The minimum Gasteiger partial charge on any atom is -0.489 e. The van der Waals surface area contributed by atoms with Crippen LogP contribution in [-0.4, -0.2) is 19.8 Å². The number of fused-ring (bicyclic) bond motifs is 1. The van der Waals surface area contributed by atoms with E-state index >= 15 is 0 Å². The Balaban J connectivity index is 1.48. The summed E-state index contributed by atoms with van der Waals surface area (Å²) in [6.07, 6.45) is 0. The van der Waals surface area contributed by atoms with Gasteiger partial charge in [0.15, 0.2) is 5.82 Å². The SMILES string of the molecule is Cc1nnc2sc(-c3ccc(OCc4ccc(Cl)cc4)cc3)nn12. The highest BCUT2D eigenvalue weighted by Gasteiger charge is 2.10. The van der Waals surface area contributed by atoms with Gasteiger partial charge in [-0.25, -0.2) is 0 Å². The second kappa shape index (κ2) is 6.22. The highest BCUT2D eigenvalue weighted by atomic mass is 35.5. The summed E-state index contributed by atoms with van der Waals surface area (Å²) in [5, 5.41) is 14.2. The Kier molecular flexibility index (Phi) is 3.92. The summed E-state index contributed by atoms with van der Waals surface area (Å²) in [6.45, 7) is 2.39. The first kappa shape index (κ1) is 15.1. The maximum absolute atomic E-state index is 5.88. The molecule has 4 rings (SSSR count). The lowest BCUT2D eigenvalue weighted by molar-refractivity contribution is 0.306. The number of aryl methyl sites for hydroxylation is 1. The van der Waals surface area contributed by atoms with Gasteiger partial charge in [0.2, 0.25) is 4.96 Å². The van der Waals surface area contributed by atoms with Crippen molar-refractivity contribution in [2.24, 2.45) is 0 Å². The summed E-state index contributed by atoms with van der Waals surface area (Å²) < 4.78 is 7.55. The van der Waals surface area contributed by atoms with Crippen LogP contribution in [0.4, 0.5) is 0 Å². The normalized spacial score (nSPS) is 11.1. The average Bonchev–Trinajstić information content (AvgIpc) is 3.17. The van der Waals surface area contributed by atoms with E-state index in [1.54, 1.807) is 4.52 Å². The summed E-state index contributed by atoms with van der Waals surface area (Å²) in [4.78, 5) is 0.797. The second-order valence-electron chi connectivity index (χ2n) is 5.29. The Morgan fingerprint density at radius 2 is 1.79 bits per heavy atom. The number of hydrogen-bond acceptors (Lipinski definition) is 5. The Bertz CT molecular complexity index is 976. The molecule has 0 aliphatic carbocycles. The fourth-order valence-corrected chi connectivity index (χ4v) is 3.29. The van der Waals surface area contributed by atoms with Crippen LogP contribution in [-0.2, 0) is 6.61 Å². The van der Waals surface area contributed by atoms with Crippen LogP contribution in [0.2, 0.25) is 5.02 Å². The molecule has 120 valence electrons. The first-order valence-electron chi connectivity index (χ1n) is 7.35. The molecular formula is C17H13ClN4OS. The molecule has 2 heterocycles. The third-order valence-corrected chi connectivity index (χ3v) is 4.77. The molecule has 2 aromatic heterocycles. The minimum atomic E-state index is 0.506. The Labute approximate surface area is 147 Å². The van der Waals surface area contributed by atoms with Crippen LogP contribution in [0.15, 0.2) is 48.5 Å². The molecular weight excluding hydrogens is 344 g/mol. The van der Waals surface area contributed by atoms with Gasteiger partial charge in [0.25, 0.3) is 0 Å². The van der Waals surface area contributed by atoms with Gasteiger partial charge in [-0.2, -0.15) is 9.61 Å². The number of ether oxygens (including phenoxy) is 1. The van der Waals surface area contributed by atoms with Crippen LogP contribution in [0.3, 0.4) is 0 Å². The van der Waals surface area contributed by atoms with Gasteiger partial charge in [-0.1, -0.05) is 35.1 Å². The third kappa shape index (κ3) is 2.98. The molecule has 0 saturated carbocycles. The fourth-order valence-electron chi connectivity index (χ4n) is 2.27. The number of rotatable bonds is 4. The highest BCUT2D eigenvalue weighted by molar-refractivity contribution is 7.19. The van der Waals surface area contributed by atoms with Crippen LogP contribution < -0.4 is 4.74 Å². The lowest BCUT2D eigenvalue weighted by Crippen LogP contribution is -1.95. The van der Waals surface area contributed by atoms with E-state index in [0.717, 1.165) is 37.7 Å². The zero-order valence-electron chi connectivity index (χ0n) is 12.8. The lowest BCUT2D eigenvalue weighted by atomic mass is 10.2. The minimum absolute atomic E-state index is 0.506. The number of halogens is 1. The Hall–Kier alpha value is -2.44. The van der Waals surface area contributed by atoms with Crippen molar-refractivity contribution in [3.8, 4) is 16.3 Å². The molecule has 0 N–H and O–H groups in total. The van der Waals surface area contributed by atoms with E-state index < -0.39 is 0 Å². The summed E-state index contributed by atoms with van der Waals surface area (Å²) >= 11 is 7.39. The van der Waals surface area contributed by atoms with Crippen LogP contribution in [0, 0.1) is 6.92 Å².